The summed E-state index contributed by atoms with van der Waals surface area (Å²) < 4.78 is 0. The number of aliphatic hydroxyl groups excluding tert-OH is 2. The van der Waals surface area contributed by atoms with Gasteiger partial charge in [-0.25, -0.2) is 0 Å². The lowest BCUT2D eigenvalue weighted by molar-refractivity contribution is -0.318. The van der Waals surface area contributed by atoms with Crippen LogP contribution in [0.5, 0.6) is 0 Å². The lowest BCUT2D eigenvalue weighted by Gasteiger charge is -2.44. The van der Waals surface area contributed by atoms with Crippen molar-refractivity contribution in [2.24, 2.45) is 0 Å². The van der Waals surface area contributed by atoms with Gasteiger partial charge in [-0.15, -0.1) is 5.06 Å². The Morgan fingerprint density at radius 2 is 2.20 bits per heavy atom. The highest BCUT2D eigenvalue weighted by atomic mass is 16.6. The van der Waals surface area contributed by atoms with Gasteiger partial charge in [0.1, 0.15) is 6.10 Å². The second-order valence-electron chi connectivity index (χ2n) is 3.58. The average Bonchev–Trinajstić information content (AvgIpc) is 2.25. The van der Waals surface area contributed by atoms with Gasteiger partial charge >= 0.3 is 0 Å². The Bertz CT molecular complexity index is 249. The van der Waals surface area contributed by atoms with Crippen molar-refractivity contribution in [1.29, 1.82) is 0 Å². The second kappa shape index (κ2) is 4.42. The average molecular weight is 220 g/mol. The Labute approximate surface area is 86.9 Å². The molecule has 0 aromatic heterocycles. The number of amides is 1. The highest BCUT2D eigenvalue weighted by molar-refractivity contribution is 5.84. The van der Waals surface area contributed by atoms with E-state index in [9.17, 15) is 20.2 Å². The molecular formula is C8H16N2O5. The number of carbonyl (C=O) groups is 1. The fourth-order valence-corrected chi connectivity index (χ4v) is 1.71. The Balaban J connectivity index is 2.95. The summed E-state index contributed by atoms with van der Waals surface area (Å²) in [5, 5.41) is 40.3. The smallest absolute Gasteiger partial charge is 0.272 e. The maximum Gasteiger partial charge on any atom is 0.272 e. The first-order valence-corrected chi connectivity index (χ1v) is 4.70. The summed E-state index contributed by atoms with van der Waals surface area (Å²) in [6.07, 6.45) is -0.954. The quantitative estimate of drug-likeness (QED) is 0.355. The van der Waals surface area contributed by atoms with Gasteiger partial charge < -0.3 is 25.8 Å². The minimum atomic E-state index is -2.39. The molecule has 7 nitrogen and oxygen atoms in total. The third-order valence-corrected chi connectivity index (χ3v) is 2.71. The van der Waals surface area contributed by atoms with Gasteiger partial charge in [0.15, 0.2) is 0 Å². The molecule has 3 atom stereocenters. The molecule has 15 heavy (non-hydrogen) atoms. The predicted octanol–water partition coefficient (Wildman–Crippen LogP) is -2.37. The molecule has 1 saturated heterocycles. The minimum absolute atomic E-state index is 0.131. The van der Waals surface area contributed by atoms with Gasteiger partial charge in [-0.3, -0.25) is 4.79 Å². The molecule has 5 N–H and O–H groups in total. The molecule has 3 unspecified atom stereocenters. The van der Waals surface area contributed by atoms with Crippen molar-refractivity contribution in [2.45, 2.75) is 30.7 Å². The molecule has 0 aromatic rings. The zero-order valence-electron chi connectivity index (χ0n) is 8.42. The Kier molecular flexibility index (Phi) is 3.63. The molecule has 1 amide bonds. The largest absolute Gasteiger partial charge is 0.395 e. The van der Waals surface area contributed by atoms with E-state index in [1.54, 1.807) is 0 Å². The predicted molar refractivity (Wildman–Crippen MR) is 48.8 cm³/mol. The molecule has 88 valence electrons. The number of hydrogen-bond acceptors (Lipinski definition) is 6. The van der Waals surface area contributed by atoms with Crippen molar-refractivity contribution in [3.05, 3.63) is 0 Å². The van der Waals surface area contributed by atoms with Gasteiger partial charge in [0.05, 0.1) is 12.6 Å². The zero-order chi connectivity index (χ0) is 11.6. The molecule has 1 fully saturated rings. The van der Waals surface area contributed by atoms with Crippen LogP contribution in [-0.4, -0.2) is 63.0 Å². The first-order valence-electron chi connectivity index (χ1n) is 4.70. The van der Waals surface area contributed by atoms with Crippen LogP contribution in [0.2, 0.25) is 0 Å². The summed E-state index contributed by atoms with van der Waals surface area (Å²) in [5.74, 6) is -0.907. The molecular weight excluding hydrogens is 204 g/mol. The van der Waals surface area contributed by atoms with Crippen LogP contribution < -0.4 is 5.32 Å². The van der Waals surface area contributed by atoms with E-state index in [2.05, 4.69) is 5.32 Å². The van der Waals surface area contributed by atoms with Crippen molar-refractivity contribution < 1.29 is 25.3 Å². The molecule has 1 aliphatic rings. The van der Waals surface area contributed by atoms with Gasteiger partial charge in [0, 0.05) is 7.05 Å². The summed E-state index contributed by atoms with van der Waals surface area (Å²) >= 11 is 0. The molecule has 0 bridgehead atoms. The third-order valence-electron chi connectivity index (χ3n) is 2.71. The monoisotopic (exact) mass is 220 g/mol. The summed E-state index contributed by atoms with van der Waals surface area (Å²) in [7, 11) is 1.28. The lowest BCUT2D eigenvalue weighted by Crippen LogP contribution is -2.69. The normalized spacial score (nSPS) is 37.7. The zero-order valence-corrected chi connectivity index (χ0v) is 8.42. The van der Waals surface area contributed by atoms with Gasteiger partial charge in [-0.1, -0.05) is 0 Å². The summed E-state index contributed by atoms with van der Waals surface area (Å²) in [4.78, 5) is 11.4. The number of nitrogens with zero attached hydrogens (tertiary/aromatic N) is 1. The molecule has 0 radical (unpaired) electrons. The standard InChI is InChI=1S/C8H16N2O5/c1-9-7(13)8(14)6(12)3-2-5(4-11)10(8)15/h5-6,11-12,14-15H,2-4H2,1H3,(H,9,13). The fourth-order valence-electron chi connectivity index (χ4n) is 1.71. The van der Waals surface area contributed by atoms with Crippen LogP contribution in [0, 0.1) is 0 Å². The first-order chi connectivity index (χ1) is 6.98. The van der Waals surface area contributed by atoms with Crippen molar-refractivity contribution >= 4 is 5.91 Å². The van der Waals surface area contributed by atoms with E-state index < -0.39 is 30.4 Å². The van der Waals surface area contributed by atoms with E-state index in [4.69, 9.17) is 5.11 Å². The Morgan fingerprint density at radius 3 is 2.67 bits per heavy atom. The van der Waals surface area contributed by atoms with E-state index in [-0.39, 0.29) is 6.42 Å². The Hall–Kier alpha value is -0.730. The molecule has 1 rings (SSSR count). The number of piperidine rings is 1. The molecule has 0 aromatic carbocycles. The van der Waals surface area contributed by atoms with E-state index in [1.165, 1.54) is 7.05 Å². The van der Waals surface area contributed by atoms with E-state index in [0.717, 1.165) is 0 Å². The number of hydrogen-bond donors (Lipinski definition) is 5. The van der Waals surface area contributed by atoms with E-state index in [1.807, 2.05) is 0 Å². The molecule has 1 aliphatic heterocycles. The topological polar surface area (TPSA) is 113 Å². The first kappa shape index (κ1) is 12.3. The van der Waals surface area contributed by atoms with Crippen molar-refractivity contribution in [2.75, 3.05) is 13.7 Å². The molecule has 0 aliphatic carbocycles. The molecule has 0 saturated carbocycles. The summed E-state index contributed by atoms with van der Waals surface area (Å²) in [6, 6.07) is -0.754. The maximum atomic E-state index is 11.4. The van der Waals surface area contributed by atoms with Crippen molar-refractivity contribution in [3.8, 4) is 0 Å². The Morgan fingerprint density at radius 1 is 1.60 bits per heavy atom. The van der Waals surface area contributed by atoms with E-state index in [0.29, 0.717) is 11.5 Å². The molecule has 0 spiro atoms. The highest BCUT2D eigenvalue weighted by Gasteiger charge is 2.53. The van der Waals surface area contributed by atoms with Crippen LogP contribution in [0.4, 0.5) is 0 Å². The van der Waals surface area contributed by atoms with Gasteiger partial charge in [0.2, 0.25) is 5.72 Å². The van der Waals surface area contributed by atoms with Crippen LogP contribution in [0.1, 0.15) is 12.8 Å². The number of aliphatic hydroxyl groups is 3. The van der Waals surface area contributed by atoms with Gasteiger partial charge in [-0.2, -0.15) is 0 Å². The van der Waals surface area contributed by atoms with Gasteiger partial charge in [0.25, 0.3) is 5.91 Å². The second-order valence-corrected chi connectivity index (χ2v) is 3.58. The number of likely N-dealkylation sites (N-methyl/N-ethyl adjacent to an activating group) is 1. The van der Waals surface area contributed by atoms with Crippen LogP contribution in [0.15, 0.2) is 0 Å². The highest BCUT2D eigenvalue weighted by Crippen LogP contribution is 2.28. The van der Waals surface area contributed by atoms with Crippen LogP contribution in [0.3, 0.4) is 0 Å². The molecule has 1 heterocycles. The third kappa shape index (κ3) is 1.84. The van der Waals surface area contributed by atoms with Crippen LogP contribution in [0.25, 0.3) is 0 Å². The minimum Gasteiger partial charge on any atom is -0.395 e. The maximum absolute atomic E-state index is 11.4. The number of carbonyl (C=O) groups excluding carboxylic acids is 1. The van der Waals surface area contributed by atoms with Crippen LogP contribution in [-0.2, 0) is 4.79 Å². The van der Waals surface area contributed by atoms with Crippen molar-refractivity contribution in [3.63, 3.8) is 0 Å². The lowest BCUT2D eigenvalue weighted by atomic mass is 9.91. The summed E-state index contributed by atoms with van der Waals surface area (Å²) in [5.41, 5.74) is -2.39. The fraction of sp³-hybridized carbons (Fsp3) is 0.875. The van der Waals surface area contributed by atoms with Gasteiger partial charge in [-0.05, 0) is 12.8 Å². The van der Waals surface area contributed by atoms with Crippen molar-refractivity contribution in [1.82, 2.24) is 10.4 Å². The summed E-state index contributed by atoms with van der Waals surface area (Å²) in [6.45, 7) is -0.400. The van der Waals surface area contributed by atoms with E-state index >= 15 is 0 Å². The molecule has 7 heteroatoms. The number of rotatable bonds is 2. The van der Waals surface area contributed by atoms with Crippen LogP contribution >= 0.6 is 0 Å². The number of hydroxylamine groups is 2. The SMILES string of the molecule is CNC(=O)C1(O)C(O)CCC(CO)N1O. The number of nitrogens with one attached hydrogen (secondary N) is 1.